The van der Waals surface area contributed by atoms with E-state index in [1.807, 2.05) is 6.92 Å². The van der Waals surface area contributed by atoms with E-state index in [1.54, 1.807) is 0 Å². The second-order valence-corrected chi connectivity index (χ2v) is 2.87. The molecule has 3 nitrogen and oxygen atoms in total. The van der Waals surface area contributed by atoms with E-state index in [4.69, 9.17) is 5.73 Å². The number of ether oxygens (including phenoxy) is 1. The largest absolute Gasteiger partial charge is 0.465 e. The highest BCUT2D eigenvalue weighted by Crippen LogP contribution is 2.20. The molecule has 0 aliphatic heterocycles. The molecule has 0 aliphatic rings. The Labute approximate surface area is 81.7 Å². The van der Waals surface area contributed by atoms with E-state index in [-0.39, 0.29) is 5.56 Å². The smallest absolute Gasteiger partial charge is 0.340 e. The van der Waals surface area contributed by atoms with Crippen LogP contribution in [0.2, 0.25) is 0 Å². The summed E-state index contributed by atoms with van der Waals surface area (Å²) in [5.41, 5.74) is 6.67. The van der Waals surface area contributed by atoms with Crippen LogP contribution in [0.3, 0.4) is 0 Å². The van der Waals surface area contributed by atoms with Gasteiger partial charge in [0.25, 0.3) is 0 Å². The van der Waals surface area contributed by atoms with Gasteiger partial charge < -0.3 is 10.5 Å². The molecule has 0 saturated heterocycles. The van der Waals surface area contributed by atoms with Gasteiger partial charge >= 0.3 is 5.97 Å². The van der Waals surface area contributed by atoms with Crippen molar-refractivity contribution in [1.29, 1.82) is 0 Å². The fraction of sp³-hybridized carbons (Fsp3) is 0.300. The summed E-state index contributed by atoms with van der Waals surface area (Å²) < 4.78 is 17.5. The maximum atomic E-state index is 13.0. The van der Waals surface area contributed by atoms with Crippen LogP contribution in [-0.2, 0) is 11.2 Å². The summed E-state index contributed by atoms with van der Waals surface area (Å²) in [5.74, 6) is -1.09. The summed E-state index contributed by atoms with van der Waals surface area (Å²) >= 11 is 0. The van der Waals surface area contributed by atoms with E-state index in [1.165, 1.54) is 13.2 Å². The molecule has 0 atom stereocenters. The Morgan fingerprint density at radius 3 is 2.71 bits per heavy atom. The van der Waals surface area contributed by atoms with Crippen molar-refractivity contribution in [3.8, 4) is 0 Å². The first-order chi connectivity index (χ1) is 6.60. The van der Waals surface area contributed by atoms with Crippen molar-refractivity contribution in [3.63, 3.8) is 0 Å². The average Bonchev–Trinajstić information content (AvgIpc) is 2.19. The van der Waals surface area contributed by atoms with Crippen molar-refractivity contribution in [2.45, 2.75) is 13.3 Å². The van der Waals surface area contributed by atoms with E-state index >= 15 is 0 Å². The summed E-state index contributed by atoms with van der Waals surface area (Å²) in [6.45, 7) is 1.84. The number of carbonyl (C=O) groups is 1. The molecule has 0 radical (unpaired) electrons. The van der Waals surface area contributed by atoms with Gasteiger partial charge in [0.05, 0.1) is 12.7 Å². The molecule has 0 fully saturated rings. The maximum Gasteiger partial charge on any atom is 0.340 e. The molecule has 0 saturated carbocycles. The third-order valence-electron chi connectivity index (χ3n) is 2.02. The summed E-state index contributed by atoms with van der Waals surface area (Å²) in [6, 6.07) is 2.40. The van der Waals surface area contributed by atoms with Crippen molar-refractivity contribution >= 4 is 11.7 Å². The van der Waals surface area contributed by atoms with Crippen LogP contribution in [0.15, 0.2) is 12.1 Å². The Morgan fingerprint density at radius 1 is 1.57 bits per heavy atom. The minimum absolute atomic E-state index is 0.0874. The maximum absolute atomic E-state index is 13.0. The van der Waals surface area contributed by atoms with Crippen LogP contribution in [0.1, 0.15) is 22.8 Å². The number of esters is 1. The zero-order chi connectivity index (χ0) is 10.7. The van der Waals surface area contributed by atoms with Gasteiger partial charge in [0.1, 0.15) is 5.82 Å². The van der Waals surface area contributed by atoms with Crippen LogP contribution in [-0.4, -0.2) is 13.1 Å². The molecule has 1 aromatic carbocycles. The topological polar surface area (TPSA) is 52.3 Å². The van der Waals surface area contributed by atoms with Crippen LogP contribution in [0.25, 0.3) is 0 Å². The molecule has 0 unspecified atom stereocenters. The van der Waals surface area contributed by atoms with Crippen molar-refractivity contribution in [2.75, 3.05) is 12.8 Å². The zero-order valence-electron chi connectivity index (χ0n) is 8.13. The average molecular weight is 197 g/mol. The highest BCUT2D eigenvalue weighted by Gasteiger charge is 2.14. The molecule has 1 aromatic rings. The molecule has 0 amide bonds. The minimum Gasteiger partial charge on any atom is -0.465 e. The Kier molecular flexibility index (Phi) is 3.06. The predicted octanol–water partition coefficient (Wildman–Crippen LogP) is 1.76. The minimum atomic E-state index is -0.614. The lowest BCUT2D eigenvalue weighted by Crippen LogP contribution is -2.08. The molecular weight excluding hydrogens is 185 g/mol. The number of methoxy groups -OCH3 is 1. The molecule has 0 heterocycles. The Balaban J connectivity index is 3.29. The number of nitrogen functional groups attached to an aromatic ring is 1. The molecular formula is C10H12FNO2. The van der Waals surface area contributed by atoms with Crippen LogP contribution >= 0.6 is 0 Å². The summed E-state index contributed by atoms with van der Waals surface area (Å²) in [7, 11) is 1.23. The monoisotopic (exact) mass is 197 g/mol. The first-order valence-corrected chi connectivity index (χ1v) is 4.26. The van der Waals surface area contributed by atoms with Crippen molar-refractivity contribution in [1.82, 2.24) is 0 Å². The Morgan fingerprint density at radius 2 is 2.21 bits per heavy atom. The van der Waals surface area contributed by atoms with E-state index < -0.39 is 11.8 Å². The number of rotatable bonds is 2. The summed E-state index contributed by atoms with van der Waals surface area (Å²) in [6.07, 6.45) is 0.577. The van der Waals surface area contributed by atoms with E-state index in [2.05, 4.69) is 4.74 Å². The standard InChI is InChI=1S/C10H12FNO2/c1-3-6-4-7(11)5-8(9(6)12)10(13)14-2/h4-5H,3,12H2,1-2H3. The third kappa shape index (κ3) is 1.84. The van der Waals surface area contributed by atoms with Gasteiger partial charge in [0.15, 0.2) is 0 Å². The summed E-state index contributed by atoms with van der Waals surface area (Å²) in [5, 5.41) is 0. The molecule has 0 aromatic heterocycles. The third-order valence-corrected chi connectivity index (χ3v) is 2.02. The predicted molar refractivity (Wildman–Crippen MR) is 51.5 cm³/mol. The molecule has 0 spiro atoms. The quantitative estimate of drug-likeness (QED) is 0.580. The van der Waals surface area contributed by atoms with Gasteiger partial charge in [0, 0.05) is 5.69 Å². The van der Waals surface area contributed by atoms with E-state index in [0.29, 0.717) is 17.7 Å². The number of carbonyl (C=O) groups excluding carboxylic acids is 1. The van der Waals surface area contributed by atoms with Gasteiger partial charge in [0.2, 0.25) is 0 Å². The number of hydrogen-bond acceptors (Lipinski definition) is 3. The Hall–Kier alpha value is -1.58. The van der Waals surface area contributed by atoms with Gasteiger partial charge in [-0.2, -0.15) is 0 Å². The molecule has 0 aliphatic carbocycles. The first-order valence-electron chi connectivity index (χ1n) is 4.26. The molecule has 2 N–H and O–H groups in total. The first kappa shape index (κ1) is 10.5. The highest BCUT2D eigenvalue weighted by atomic mass is 19.1. The zero-order valence-corrected chi connectivity index (χ0v) is 8.13. The van der Waals surface area contributed by atoms with Crippen LogP contribution in [0, 0.1) is 5.82 Å². The SMILES string of the molecule is CCc1cc(F)cc(C(=O)OC)c1N. The lowest BCUT2D eigenvalue weighted by Gasteiger charge is -2.08. The number of benzene rings is 1. The van der Waals surface area contributed by atoms with Crippen molar-refractivity contribution < 1.29 is 13.9 Å². The number of nitrogens with two attached hydrogens (primary N) is 1. The van der Waals surface area contributed by atoms with Crippen LogP contribution in [0.4, 0.5) is 10.1 Å². The van der Waals surface area contributed by atoms with Gasteiger partial charge in [-0.25, -0.2) is 9.18 Å². The van der Waals surface area contributed by atoms with Gasteiger partial charge in [-0.05, 0) is 24.1 Å². The van der Waals surface area contributed by atoms with Gasteiger partial charge in [-0.15, -0.1) is 0 Å². The fourth-order valence-corrected chi connectivity index (χ4v) is 1.25. The fourth-order valence-electron chi connectivity index (χ4n) is 1.25. The molecule has 4 heteroatoms. The second-order valence-electron chi connectivity index (χ2n) is 2.87. The number of hydrogen-bond donors (Lipinski definition) is 1. The number of anilines is 1. The molecule has 76 valence electrons. The summed E-state index contributed by atoms with van der Waals surface area (Å²) in [4.78, 5) is 11.2. The second kappa shape index (κ2) is 4.09. The highest BCUT2D eigenvalue weighted by molar-refractivity contribution is 5.95. The van der Waals surface area contributed by atoms with E-state index in [9.17, 15) is 9.18 Å². The van der Waals surface area contributed by atoms with Gasteiger partial charge in [-0.3, -0.25) is 0 Å². The van der Waals surface area contributed by atoms with Crippen LogP contribution in [0.5, 0.6) is 0 Å². The van der Waals surface area contributed by atoms with Crippen molar-refractivity contribution in [3.05, 3.63) is 29.1 Å². The molecule has 14 heavy (non-hydrogen) atoms. The number of halogens is 1. The lowest BCUT2D eigenvalue weighted by atomic mass is 10.1. The lowest BCUT2D eigenvalue weighted by molar-refractivity contribution is 0.0601. The normalized spacial score (nSPS) is 9.93. The van der Waals surface area contributed by atoms with Gasteiger partial charge in [-0.1, -0.05) is 6.92 Å². The Bertz CT molecular complexity index is 363. The van der Waals surface area contributed by atoms with Crippen LogP contribution < -0.4 is 5.73 Å². The number of aryl methyl sites for hydroxylation is 1. The molecule has 0 bridgehead atoms. The van der Waals surface area contributed by atoms with Crippen molar-refractivity contribution in [2.24, 2.45) is 0 Å². The van der Waals surface area contributed by atoms with E-state index in [0.717, 1.165) is 6.07 Å². The molecule has 1 rings (SSSR count).